The van der Waals surface area contributed by atoms with E-state index < -0.39 is 17.6 Å². The Kier molecular flexibility index (Phi) is 4.93. The number of hydrogen-bond acceptors (Lipinski definition) is 3. The molecule has 0 atom stereocenters. The lowest BCUT2D eigenvalue weighted by atomic mass is 10.2. The molecular weight excluding hydrogens is 381 g/mol. The van der Waals surface area contributed by atoms with Crippen molar-refractivity contribution in [3.8, 4) is 5.82 Å². The molecule has 0 saturated heterocycles. The highest BCUT2D eigenvalue weighted by Gasteiger charge is 2.30. The molecule has 0 aliphatic rings. The van der Waals surface area contributed by atoms with Crippen molar-refractivity contribution in [2.24, 2.45) is 0 Å². The Balaban J connectivity index is 1.85. The molecule has 0 spiro atoms. The van der Waals surface area contributed by atoms with Gasteiger partial charge in [0.25, 0.3) is 5.91 Å². The normalized spacial score (nSPS) is 11.5. The number of carbonyl (C=O) groups is 1. The number of nitrogens with one attached hydrogen (secondary N) is 1. The molecule has 0 unspecified atom stereocenters. The lowest BCUT2D eigenvalue weighted by molar-refractivity contribution is -0.137. The molecule has 2 aromatic heterocycles. The Hall–Kier alpha value is -2.87. The minimum absolute atomic E-state index is 0.183. The van der Waals surface area contributed by atoms with Crippen LogP contribution in [0, 0.1) is 13.8 Å². The number of anilines is 1. The van der Waals surface area contributed by atoms with Gasteiger partial charge in [-0.25, -0.2) is 9.67 Å². The molecular formula is C18H14ClF3N4O. The summed E-state index contributed by atoms with van der Waals surface area (Å²) in [5.41, 5.74) is 1.28. The highest BCUT2D eigenvalue weighted by atomic mass is 35.5. The summed E-state index contributed by atoms with van der Waals surface area (Å²) in [6, 6.07) is 7.19. The largest absolute Gasteiger partial charge is 0.417 e. The maximum absolute atomic E-state index is 12.7. The van der Waals surface area contributed by atoms with E-state index in [0.717, 1.165) is 17.8 Å². The molecule has 27 heavy (non-hydrogen) atoms. The van der Waals surface area contributed by atoms with Crippen molar-refractivity contribution in [1.82, 2.24) is 14.8 Å². The zero-order valence-electron chi connectivity index (χ0n) is 14.3. The van der Waals surface area contributed by atoms with Crippen molar-refractivity contribution in [2.45, 2.75) is 20.0 Å². The summed E-state index contributed by atoms with van der Waals surface area (Å²) >= 11 is 5.90. The number of benzene rings is 1. The lowest BCUT2D eigenvalue weighted by Crippen LogP contribution is -2.14. The molecule has 0 saturated carbocycles. The zero-order chi connectivity index (χ0) is 19.8. The highest BCUT2D eigenvalue weighted by Crippen LogP contribution is 2.29. The summed E-state index contributed by atoms with van der Waals surface area (Å²) in [4.78, 5) is 16.3. The van der Waals surface area contributed by atoms with Crippen LogP contribution in [-0.4, -0.2) is 20.7 Å². The monoisotopic (exact) mass is 394 g/mol. The zero-order valence-corrected chi connectivity index (χ0v) is 15.1. The fraction of sp³-hybridized carbons (Fsp3) is 0.167. The SMILES string of the molecule is Cc1cc(Cl)ccc1NC(=O)c1cnn(-c2ccc(C(F)(F)F)cn2)c1C. The van der Waals surface area contributed by atoms with Crippen LogP contribution in [0.5, 0.6) is 0 Å². The Morgan fingerprint density at radius 1 is 1.15 bits per heavy atom. The second kappa shape index (κ2) is 7.03. The molecule has 0 radical (unpaired) electrons. The Labute approximate surface area is 157 Å². The number of pyridine rings is 1. The maximum Gasteiger partial charge on any atom is 0.417 e. The maximum atomic E-state index is 12.7. The van der Waals surface area contributed by atoms with Crippen molar-refractivity contribution in [3.05, 3.63) is 70.1 Å². The molecule has 9 heteroatoms. The summed E-state index contributed by atoms with van der Waals surface area (Å²) < 4.78 is 39.3. The van der Waals surface area contributed by atoms with Crippen LogP contribution in [0.25, 0.3) is 5.82 Å². The van der Waals surface area contributed by atoms with Crippen LogP contribution >= 0.6 is 11.6 Å². The van der Waals surface area contributed by atoms with Gasteiger partial charge in [-0.2, -0.15) is 18.3 Å². The molecule has 1 amide bonds. The van der Waals surface area contributed by atoms with E-state index in [2.05, 4.69) is 15.4 Å². The van der Waals surface area contributed by atoms with Gasteiger partial charge in [-0.05, 0) is 49.7 Å². The number of nitrogens with zero attached hydrogens (tertiary/aromatic N) is 3. The predicted octanol–water partition coefficient (Wildman–Crippen LogP) is 4.81. The summed E-state index contributed by atoms with van der Waals surface area (Å²) in [5, 5.41) is 7.39. The van der Waals surface area contributed by atoms with E-state index in [0.29, 0.717) is 16.4 Å². The number of alkyl halides is 3. The van der Waals surface area contributed by atoms with Crippen LogP contribution in [0.3, 0.4) is 0 Å². The first-order chi connectivity index (χ1) is 12.7. The van der Waals surface area contributed by atoms with Crippen LogP contribution in [-0.2, 0) is 6.18 Å². The van der Waals surface area contributed by atoms with Crippen LogP contribution in [0.2, 0.25) is 5.02 Å². The summed E-state index contributed by atoms with van der Waals surface area (Å²) in [7, 11) is 0. The van der Waals surface area contributed by atoms with Crippen LogP contribution in [0.1, 0.15) is 27.2 Å². The number of aryl methyl sites for hydroxylation is 1. The minimum atomic E-state index is -4.47. The van der Waals surface area contributed by atoms with E-state index in [9.17, 15) is 18.0 Å². The summed E-state index contributed by atoms with van der Waals surface area (Å²) in [6.45, 7) is 3.44. The molecule has 1 aromatic carbocycles. The average molecular weight is 395 g/mol. The van der Waals surface area contributed by atoms with E-state index in [4.69, 9.17) is 11.6 Å². The Morgan fingerprint density at radius 3 is 2.48 bits per heavy atom. The van der Waals surface area contributed by atoms with Crippen LogP contribution in [0.15, 0.2) is 42.7 Å². The molecule has 3 rings (SSSR count). The number of rotatable bonds is 3. The molecule has 5 nitrogen and oxygen atoms in total. The van der Waals surface area contributed by atoms with Crippen molar-refractivity contribution >= 4 is 23.2 Å². The Morgan fingerprint density at radius 2 is 1.89 bits per heavy atom. The number of halogens is 4. The van der Waals surface area contributed by atoms with Crippen molar-refractivity contribution in [3.63, 3.8) is 0 Å². The minimum Gasteiger partial charge on any atom is -0.322 e. The smallest absolute Gasteiger partial charge is 0.322 e. The van der Waals surface area contributed by atoms with E-state index in [1.807, 2.05) is 6.92 Å². The fourth-order valence-corrected chi connectivity index (χ4v) is 2.73. The van der Waals surface area contributed by atoms with E-state index >= 15 is 0 Å². The van der Waals surface area contributed by atoms with Gasteiger partial charge in [-0.1, -0.05) is 11.6 Å². The quantitative estimate of drug-likeness (QED) is 0.693. The van der Waals surface area contributed by atoms with Gasteiger partial charge in [0.1, 0.15) is 0 Å². The highest BCUT2D eigenvalue weighted by molar-refractivity contribution is 6.30. The second-order valence-electron chi connectivity index (χ2n) is 5.87. The molecule has 0 bridgehead atoms. The standard InChI is InChI=1S/C18H14ClF3N4O/c1-10-7-13(19)4-5-15(10)25-17(27)14-9-24-26(11(14)2)16-6-3-12(8-23-16)18(20,21)22/h3-9H,1-2H3,(H,25,27). The molecule has 0 fully saturated rings. The first-order valence-electron chi connectivity index (χ1n) is 7.82. The van der Waals surface area contributed by atoms with Crippen LogP contribution in [0.4, 0.5) is 18.9 Å². The van der Waals surface area contributed by atoms with Gasteiger partial charge in [0.15, 0.2) is 5.82 Å². The molecule has 1 N–H and O–H groups in total. The first-order valence-corrected chi connectivity index (χ1v) is 8.20. The van der Waals surface area contributed by atoms with Crippen LogP contribution < -0.4 is 5.32 Å². The van der Waals surface area contributed by atoms with Gasteiger partial charge in [-0.3, -0.25) is 4.79 Å². The molecule has 3 aromatic rings. The topological polar surface area (TPSA) is 59.8 Å². The lowest BCUT2D eigenvalue weighted by Gasteiger charge is -2.09. The van der Waals surface area contributed by atoms with E-state index in [1.54, 1.807) is 25.1 Å². The number of aromatic nitrogens is 3. The number of amides is 1. The predicted molar refractivity (Wildman–Crippen MR) is 95.2 cm³/mol. The molecule has 2 heterocycles. The molecule has 0 aliphatic carbocycles. The molecule has 0 aliphatic heterocycles. The summed E-state index contributed by atoms with van der Waals surface area (Å²) in [6.07, 6.45) is -2.39. The third kappa shape index (κ3) is 3.95. The molecule has 140 valence electrons. The summed E-state index contributed by atoms with van der Waals surface area (Å²) in [5.74, 6) is -0.210. The van der Waals surface area contributed by atoms with Crippen molar-refractivity contribution < 1.29 is 18.0 Å². The second-order valence-corrected chi connectivity index (χ2v) is 6.31. The number of hydrogen-bond donors (Lipinski definition) is 1. The van der Waals surface area contributed by atoms with E-state index in [1.165, 1.54) is 16.9 Å². The van der Waals surface area contributed by atoms with Crippen molar-refractivity contribution in [1.29, 1.82) is 0 Å². The fourth-order valence-electron chi connectivity index (χ4n) is 2.50. The van der Waals surface area contributed by atoms with Gasteiger partial charge in [0, 0.05) is 16.9 Å². The Bertz CT molecular complexity index is 997. The van der Waals surface area contributed by atoms with Gasteiger partial charge < -0.3 is 5.32 Å². The van der Waals surface area contributed by atoms with Gasteiger partial charge in [0.2, 0.25) is 0 Å². The van der Waals surface area contributed by atoms with Gasteiger partial charge in [0.05, 0.1) is 23.0 Å². The first kappa shape index (κ1) is 18.9. The number of carbonyl (C=O) groups excluding carboxylic acids is 1. The van der Waals surface area contributed by atoms with Gasteiger partial charge >= 0.3 is 6.18 Å². The van der Waals surface area contributed by atoms with E-state index in [-0.39, 0.29) is 11.4 Å². The average Bonchev–Trinajstić information content (AvgIpc) is 2.98. The van der Waals surface area contributed by atoms with Gasteiger partial charge in [-0.15, -0.1) is 0 Å². The van der Waals surface area contributed by atoms with Crippen molar-refractivity contribution in [2.75, 3.05) is 5.32 Å². The third-order valence-corrected chi connectivity index (χ3v) is 4.22. The third-order valence-electron chi connectivity index (χ3n) is 3.98.